The van der Waals surface area contributed by atoms with Crippen LogP contribution in [0.25, 0.3) is 0 Å². The van der Waals surface area contributed by atoms with Gasteiger partial charge in [0.2, 0.25) is 0 Å². The Kier molecular flexibility index (Phi) is 3.56. The minimum Gasteiger partial charge on any atom is -0.480 e. The van der Waals surface area contributed by atoms with Gasteiger partial charge in [0, 0.05) is 11.3 Å². The van der Waals surface area contributed by atoms with E-state index in [4.69, 9.17) is 5.11 Å². The Balaban J connectivity index is 2.26. The molecule has 1 saturated heterocycles. The summed E-state index contributed by atoms with van der Waals surface area (Å²) in [6.07, 6.45) is 0. The van der Waals surface area contributed by atoms with Crippen LogP contribution in [-0.2, 0) is 4.79 Å². The third-order valence-electron chi connectivity index (χ3n) is 2.83. The van der Waals surface area contributed by atoms with E-state index in [-0.39, 0.29) is 11.3 Å². The van der Waals surface area contributed by atoms with Gasteiger partial charge in [-0.2, -0.15) is 0 Å². The van der Waals surface area contributed by atoms with Crippen LogP contribution in [0.2, 0.25) is 0 Å². The third-order valence-corrected chi connectivity index (χ3v) is 4.05. The zero-order chi connectivity index (χ0) is 13.3. The molecule has 96 valence electrons. The summed E-state index contributed by atoms with van der Waals surface area (Å²) < 4.78 is 12.8. The molecule has 1 fully saturated rings. The molecule has 1 N–H and O–H groups in total. The van der Waals surface area contributed by atoms with E-state index in [9.17, 15) is 14.0 Å². The van der Waals surface area contributed by atoms with Crippen LogP contribution in [0.15, 0.2) is 24.3 Å². The monoisotopic (exact) mass is 269 g/mol. The number of aliphatic carboxylic acids is 1. The summed E-state index contributed by atoms with van der Waals surface area (Å²) in [4.78, 5) is 24.6. The van der Waals surface area contributed by atoms with E-state index in [0.717, 1.165) is 0 Å². The van der Waals surface area contributed by atoms with Gasteiger partial charge in [0.1, 0.15) is 11.9 Å². The van der Waals surface area contributed by atoms with Crippen molar-refractivity contribution in [3.63, 3.8) is 0 Å². The predicted octanol–water partition coefficient (Wildman–Crippen LogP) is 1.81. The molecule has 1 aromatic rings. The molecule has 4 nitrogen and oxygen atoms in total. The molecule has 0 aromatic heterocycles. The maximum atomic E-state index is 12.8. The summed E-state index contributed by atoms with van der Waals surface area (Å²) in [5, 5.41) is 8.88. The molecule has 1 aliphatic heterocycles. The number of carbonyl (C=O) groups excluding carboxylic acids is 1. The highest BCUT2D eigenvalue weighted by atomic mass is 32.2. The van der Waals surface area contributed by atoms with Gasteiger partial charge >= 0.3 is 5.97 Å². The SMILES string of the molecule is CC1SCC(C(=O)O)N1C(=O)c1ccc(F)cc1. The van der Waals surface area contributed by atoms with Crippen LogP contribution >= 0.6 is 11.8 Å². The number of benzene rings is 1. The Hall–Kier alpha value is -1.56. The first-order valence-corrected chi connectivity index (χ1v) is 6.48. The van der Waals surface area contributed by atoms with E-state index in [0.29, 0.717) is 11.3 Å². The second-order valence-electron chi connectivity index (χ2n) is 4.01. The average molecular weight is 269 g/mol. The number of carbonyl (C=O) groups is 2. The molecule has 2 rings (SSSR count). The van der Waals surface area contributed by atoms with Gasteiger partial charge in [-0.3, -0.25) is 4.79 Å². The molecule has 1 aromatic carbocycles. The molecular weight excluding hydrogens is 257 g/mol. The van der Waals surface area contributed by atoms with Gasteiger partial charge in [0.05, 0.1) is 5.37 Å². The minimum absolute atomic E-state index is 0.191. The second kappa shape index (κ2) is 4.97. The summed E-state index contributed by atoms with van der Waals surface area (Å²) in [5.41, 5.74) is 0.303. The average Bonchev–Trinajstić information content (AvgIpc) is 2.71. The lowest BCUT2D eigenvalue weighted by molar-refractivity contribution is -0.141. The van der Waals surface area contributed by atoms with Crippen molar-refractivity contribution in [2.45, 2.75) is 18.3 Å². The highest BCUT2D eigenvalue weighted by molar-refractivity contribution is 8.00. The van der Waals surface area contributed by atoms with Crippen molar-refractivity contribution in [3.8, 4) is 0 Å². The van der Waals surface area contributed by atoms with Crippen molar-refractivity contribution in [1.29, 1.82) is 0 Å². The topological polar surface area (TPSA) is 57.6 Å². The van der Waals surface area contributed by atoms with Gasteiger partial charge in [-0.25, -0.2) is 9.18 Å². The first-order valence-electron chi connectivity index (χ1n) is 5.43. The zero-order valence-electron chi connectivity index (χ0n) is 9.67. The van der Waals surface area contributed by atoms with Crippen LogP contribution in [0, 0.1) is 5.82 Å². The lowest BCUT2D eigenvalue weighted by Gasteiger charge is -2.25. The molecule has 0 aliphatic carbocycles. The fraction of sp³-hybridized carbons (Fsp3) is 0.333. The van der Waals surface area contributed by atoms with Crippen LogP contribution in [0.1, 0.15) is 17.3 Å². The number of nitrogens with zero attached hydrogens (tertiary/aromatic N) is 1. The van der Waals surface area contributed by atoms with Gasteiger partial charge in [-0.1, -0.05) is 0 Å². The van der Waals surface area contributed by atoms with Gasteiger partial charge < -0.3 is 10.0 Å². The number of amides is 1. The van der Waals surface area contributed by atoms with E-state index in [1.165, 1.54) is 40.9 Å². The van der Waals surface area contributed by atoms with E-state index < -0.39 is 17.8 Å². The van der Waals surface area contributed by atoms with Gasteiger partial charge in [-0.05, 0) is 31.2 Å². The number of rotatable bonds is 2. The van der Waals surface area contributed by atoms with Crippen LogP contribution in [0.4, 0.5) is 4.39 Å². The minimum atomic E-state index is -1.01. The largest absolute Gasteiger partial charge is 0.480 e. The van der Waals surface area contributed by atoms with E-state index in [1.54, 1.807) is 6.92 Å². The molecule has 2 unspecified atom stereocenters. The van der Waals surface area contributed by atoms with Crippen molar-refractivity contribution in [2.75, 3.05) is 5.75 Å². The maximum absolute atomic E-state index is 12.8. The van der Waals surface area contributed by atoms with Crippen molar-refractivity contribution in [2.24, 2.45) is 0 Å². The molecule has 0 spiro atoms. The van der Waals surface area contributed by atoms with E-state index in [2.05, 4.69) is 0 Å². The number of halogens is 1. The molecule has 0 saturated carbocycles. The Morgan fingerprint density at radius 1 is 1.39 bits per heavy atom. The fourth-order valence-electron chi connectivity index (χ4n) is 1.88. The summed E-state index contributed by atoms with van der Waals surface area (Å²) in [7, 11) is 0. The predicted molar refractivity (Wildman–Crippen MR) is 65.9 cm³/mol. The molecule has 2 atom stereocenters. The summed E-state index contributed by atoms with van der Waals surface area (Å²) >= 11 is 1.42. The molecule has 0 radical (unpaired) electrons. The molecule has 1 amide bonds. The Morgan fingerprint density at radius 3 is 2.56 bits per heavy atom. The summed E-state index contributed by atoms with van der Waals surface area (Å²) in [6, 6.07) is 4.30. The molecule has 1 aliphatic rings. The fourth-order valence-corrected chi connectivity index (χ4v) is 3.05. The smallest absolute Gasteiger partial charge is 0.327 e. The van der Waals surface area contributed by atoms with Crippen LogP contribution < -0.4 is 0 Å². The second-order valence-corrected chi connectivity index (χ2v) is 5.35. The Bertz CT molecular complexity index is 477. The number of carboxylic acids is 1. The normalized spacial score (nSPS) is 23.1. The van der Waals surface area contributed by atoms with Crippen molar-refractivity contribution < 1.29 is 19.1 Å². The van der Waals surface area contributed by atoms with Crippen LogP contribution in [0.5, 0.6) is 0 Å². The van der Waals surface area contributed by atoms with Crippen molar-refractivity contribution in [1.82, 2.24) is 4.90 Å². The van der Waals surface area contributed by atoms with Gasteiger partial charge in [0.25, 0.3) is 5.91 Å². The summed E-state index contributed by atoms with van der Waals surface area (Å²) in [6.45, 7) is 1.79. The van der Waals surface area contributed by atoms with Crippen molar-refractivity contribution in [3.05, 3.63) is 35.6 Å². The summed E-state index contributed by atoms with van der Waals surface area (Å²) in [5.74, 6) is -1.43. The third kappa shape index (κ3) is 2.33. The number of carboxylic acid groups (broad SMARTS) is 1. The number of hydrogen-bond donors (Lipinski definition) is 1. The molecule has 1 heterocycles. The van der Waals surface area contributed by atoms with Crippen LogP contribution in [0.3, 0.4) is 0 Å². The van der Waals surface area contributed by atoms with E-state index in [1.807, 2.05) is 0 Å². The lowest BCUT2D eigenvalue weighted by atomic mass is 10.1. The first kappa shape index (κ1) is 12.9. The maximum Gasteiger partial charge on any atom is 0.327 e. The zero-order valence-corrected chi connectivity index (χ0v) is 10.5. The molecule has 6 heteroatoms. The molecule has 18 heavy (non-hydrogen) atoms. The highest BCUT2D eigenvalue weighted by Gasteiger charge is 2.39. The lowest BCUT2D eigenvalue weighted by Crippen LogP contribution is -2.44. The van der Waals surface area contributed by atoms with Gasteiger partial charge in [0.15, 0.2) is 0 Å². The quantitative estimate of drug-likeness (QED) is 0.889. The highest BCUT2D eigenvalue weighted by Crippen LogP contribution is 2.30. The Labute approximate surface area is 108 Å². The standard InChI is InChI=1S/C12H12FNO3S/c1-7-14(10(6-18-7)12(16)17)11(15)8-2-4-9(13)5-3-8/h2-5,7,10H,6H2,1H3,(H,16,17). The number of hydrogen-bond acceptors (Lipinski definition) is 3. The van der Waals surface area contributed by atoms with Crippen LogP contribution in [-0.4, -0.2) is 39.1 Å². The molecular formula is C12H12FNO3S. The van der Waals surface area contributed by atoms with Crippen molar-refractivity contribution >= 4 is 23.6 Å². The van der Waals surface area contributed by atoms with E-state index >= 15 is 0 Å². The Morgan fingerprint density at radius 2 is 2.00 bits per heavy atom. The molecule has 0 bridgehead atoms. The number of thioether (sulfide) groups is 1. The van der Waals surface area contributed by atoms with Gasteiger partial charge in [-0.15, -0.1) is 11.8 Å². The first-order chi connectivity index (χ1) is 8.50.